The Morgan fingerprint density at radius 2 is 2.24 bits per heavy atom. The Morgan fingerprint density at radius 3 is 2.71 bits per heavy atom. The number of aryl methyl sites for hydroxylation is 1. The lowest BCUT2D eigenvalue weighted by molar-refractivity contribution is -0.0706. The maximum atomic E-state index is 5.63. The van der Waals surface area contributed by atoms with Gasteiger partial charge >= 0.3 is 0 Å². The van der Waals surface area contributed by atoms with Crippen molar-refractivity contribution in [3.63, 3.8) is 0 Å². The monoisotopic (exact) mass is 253 g/mol. The molecule has 0 spiro atoms. The van der Waals surface area contributed by atoms with E-state index in [-0.39, 0.29) is 5.60 Å². The van der Waals surface area contributed by atoms with Gasteiger partial charge in [0, 0.05) is 29.5 Å². The molecule has 0 saturated heterocycles. The van der Waals surface area contributed by atoms with Gasteiger partial charge in [0.05, 0.1) is 5.60 Å². The summed E-state index contributed by atoms with van der Waals surface area (Å²) in [5.41, 5.74) is 0.124. The average molecular weight is 253 g/mol. The number of thiophene rings is 1. The van der Waals surface area contributed by atoms with Gasteiger partial charge in [-0.05, 0) is 44.7 Å². The molecule has 1 fully saturated rings. The van der Waals surface area contributed by atoms with Gasteiger partial charge in [0.25, 0.3) is 0 Å². The predicted octanol–water partition coefficient (Wildman–Crippen LogP) is 3.53. The van der Waals surface area contributed by atoms with Crippen molar-refractivity contribution in [2.24, 2.45) is 0 Å². The fourth-order valence-electron chi connectivity index (χ4n) is 2.28. The molecule has 1 heterocycles. The molecule has 0 aliphatic heterocycles. The van der Waals surface area contributed by atoms with Gasteiger partial charge in [-0.3, -0.25) is 0 Å². The Kier molecular flexibility index (Phi) is 4.23. The second-order valence-electron chi connectivity index (χ2n) is 5.00. The summed E-state index contributed by atoms with van der Waals surface area (Å²) in [4.78, 5) is 2.91. The van der Waals surface area contributed by atoms with Gasteiger partial charge in [-0.2, -0.15) is 0 Å². The largest absolute Gasteiger partial charge is 0.377 e. The van der Waals surface area contributed by atoms with E-state index in [1.807, 2.05) is 18.4 Å². The molecule has 1 saturated carbocycles. The van der Waals surface area contributed by atoms with Crippen LogP contribution in [0.15, 0.2) is 12.1 Å². The number of ether oxygens (including phenoxy) is 1. The number of rotatable bonds is 6. The molecule has 1 aliphatic rings. The van der Waals surface area contributed by atoms with E-state index in [4.69, 9.17) is 4.74 Å². The molecule has 0 amide bonds. The predicted molar refractivity (Wildman–Crippen MR) is 73.7 cm³/mol. The van der Waals surface area contributed by atoms with Gasteiger partial charge in [-0.15, -0.1) is 11.3 Å². The van der Waals surface area contributed by atoms with Gasteiger partial charge in [0.1, 0.15) is 0 Å². The summed E-state index contributed by atoms with van der Waals surface area (Å²) in [5, 5.41) is 3.62. The summed E-state index contributed by atoms with van der Waals surface area (Å²) in [5.74, 6) is 0. The van der Waals surface area contributed by atoms with Crippen LogP contribution in [-0.2, 0) is 11.2 Å². The number of nitrogens with one attached hydrogen (secondary N) is 1. The number of hydrogen-bond donors (Lipinski definition) is 1. The van der Waals surface area contributed by atoms with Gasteiger partial charge in [0.2, 0.25) is 0 Å². The van der Waals surface area contributed by atoms with Crippen molar-refractivity contribution in [3.05, 3.63) is 21.9 Å². The molecule has 1 N–H and O–H groups in total. The Morgan fingerprint density at radius 1 is 1.47 bits per heavy atom. The molecule has 0 bridgehead atoms. The maximum absolute atomic E-state index is 5.63. The molecule has 17 heavy (non-hydrogen) atoms. The van der Waals surface area contributed by atoms with Crippen LogP contribution in [0, 0.1) is 0 Å². The minimum absolute atomic E-state index is 0.124. The molecule has 2 nitrogen and oxygen atoms in total. The van der Waals surface area contributed by atoms with Crippen molar-refractivity contribution in [2.45, 2.75) is 51.2 Å². The van der Waals surface area contributed by atoms with Crippen molar-refractivity contribution >= 4 is 11.3 Å². The van der Waals surface area contributed by atoms with Crippen LogP contribution in [0.25, 0.3) is 0 Å². The van der Waals surface area contributed by atoms with Crippen molar-refractivity contribution < 1.29 is 4.74 Å². The second kappa shape index (κ2) is 5.51. The third-order valence-corrected chi connectivity index (χ3v) is 5.30. The zero-order valence-electron chi connectivity index (χ0n) is 11.1. The van der Waals surface area contributed by atoms with Crippen LogP contribution in [0.3, 0.4) is 0 Å². The number of methoxy groups -OCH3 is 1. The van der Waals surface area contributed by atoms with E-state index in [0.717, 1.165) is 13.0 Å². The molecule has 0 aromatic carbocycles. The summed E-state index contributed by atoms with van der Waals surface area (Å²) in [7, 11) is 1.84. The van der Waals surface area contributed by atoms with E-state index in [2.05, 4.69) is 31.3 Å². The van der Waals surface area contributed by atoms with Crippen LogP contribution in [0.2, 0.25) is 0 Å². The van der Waals surface area contributed by atoms with Crippen molar-refractivity contribution in [3.8, 4) is 0 Å². The highest BCUT2D eigenvalue weighted by molar-refractivity contribution is 7.12. The van der Waals surface area contributed by atoms with Crippen molar-refractivity contribution in [1.82, 2.24) is 5.32 Å². The molecule has 3 heteroatoms. The highest BCUT2D eigenvalue weighted by Crippen LogP contribution is 2.35. The Balaban J connectivity index is 1.86. The average Bonchev–Trinajstić information content (AvgIpc) is 2.76. The first-order valence-corrected chi connectivity index (χ1v) is 7.38. The second-order valence-corrected chi connectivity index (χ2v) is 6.20. The maximum Gasteiger partial charge on any atom is 0.0802 e. The first-order chi connectivity index (χ1) is 8.19. The Labute approximate surface area is 108 Å². The summed E-state index contributed by atoms with van der Waals surface area (Å²) in [6, 6.07) is 4.93. The molecule has 1 aromatic heterocycles. The van der Waals surface area contributed by atoms with Crippen LogP contribution in [0.4, 0.5) is 0 Å². The molecule has 1 aliphatic carbocycles. The van der Waals surface area contributed by atoms with Gasteiger partial charge in [-0.1, -0.05) is 6.92 Å². The van der Waals surface area contributed by atoms with Gasteiger partial charge in [0.15, 0.2) is 0 Å². The fraction of sp³-hybridized carbons (Fsp3) is 0.714. The minimum atomic E-state index is 0.124. The minimum Gasteiger partial charge on any atom is -0.377 e. The molecule has 96 valence electrons. The van der Waals surface area contributed by atoms with Crippen LogP contribution in [0.1, 0.15) is 48.9 Å². The SMILES string of the molecule is CCc1ccc(C(C)NCC2(OC)CCC2)s1. The third kappa shape index (κ3) is 2.90. The first-order valence-electron chi connectivity index (χ1n) is 6.56. The molecule has 1 unspecified atom stereocenters. The van der Waals surface area contributed by atoms with E-state index in [1.54, 1.807) is 0 Å². The molecular formula is C14H23NOS. The molecule has 1 atom stereocenters. The summed E-state index contributed by atoms with van der Waals surface area (Å²) >= 11 is 1.92. The first kappa shape index (κ1) is 13.1. The Hall–Kier alpha value is -0.380. The lowest BCUT2D eigenvalue weighted by Gasteiger charge is -2.41. The normalized spacial score (nSPS) is 19.9. The topological polar surface area (TPSA) is 21.3 Å². The molecule has 0 radical (unpaired) electrons. The summed E-state index contributed by atoms with van der Waals surface area (Å²) < 4.78 is 5.63. The molecular weight excluding hydrogens is 230 g/mol. The number of hydrogen-bond acceptors (Lipinski definition) is 3. The lowest BCUT2D eigenvalue weighted by Crippen LogP contribution is -2.48. The quantitative estimate of drug-likeness (QED) is 0.837. The van der Waals surface area contributed by atoms with Crippen LogP contribution >= 0.6 is 11.3 Å². The zero-order valence-corrected chi connectivity index (χ0v) is 11.9. The highest BCUT2D eigenvalue weighted by atomic mass is 32.1. The van der Waals surface area contributed by atoms with Crippen molar-refractivity contribution in [2.75, 3.05) is 13.7 Å². The van der Waals surface area contributed by atoms with Crippen molar-refractivity contribution in [1.29, 1.82) is 0 Å². The van der Waals surface area contributed by atoms with E-state index in [9.17, 15) is 0 Å². The fourth-order valence-corrected chi connectivity index (χ4v) is 3.26. The van der Waals surface area contributed by atoms with Crippen LogP contribution in [-0.4, -0.2) is 19.3 Å². The Bertz CT molecular complexity index is 351. The van der Waals surface area contributed by atoms with E-state index in [0.29, 0.717) is 6.04 Å². The van der Waals surface area contributed by atoms with Crippen LogP contribution < -0.4 is 5.32 Å². The van der Waals surface area contributed by atoms with Crippen LogP contribution in [0.5, 0.6) is 0 Å². The molecule has 2 rings (SSSR count). The van der Waals surface area contributed by atoms with Gasteiger partial charge < -0.3 is 10.1 Å². The third-order valence-electron chi connectivity index (χ3n) is 3.89. The van der Waals surface area contributed by atoms with E-state index >= 15 is 0 Å². The van der Waals surface area contributed by atoms with E-state index < -0.39 is 0 Å². The lowest BCUT2D eigenvalue weighted by atomic mass is 9.80. The van der Waals surface area contributed by atoms with E-state index in [1.165, 1.54) is 29.0 Å². The smallest absolute Gasteiger partial charge is 0.0802 e. The zero-order chi connectivity index (χ0) is 12.3. The standard InChI is InChI=1S/C14H23NOS/c1-4-12-6-7-13(17-12)11(2)15-10-14(16-3)8-5-9-14/h6-7,11,15H,4-5,8-10H2,1-3H3. The summed E-state index contributed by atoms with van der Waals surface area (Å²) in [6.45, 7) is 5.43. The van der Waals surface area contributed by atoms with Gasteiger partial charge in [-0.25, -0.2) is 0 Å². The summed E-state index contributed by atoms with van der Waals surface area (Å²) in [6.07, 6.45) is 4.85. The highest BCUT2D eigenvalue weighted by Gasteiger charge is 2.36. The molecule has 1 aromatic rings.